The van der Waals surface area contributed by atoms with Crippen LogP contribution < -0.4 is 5.73 Å². The van der Waals surface area contributed by atoms with Crippen molar-refractivity contribution in [1.29, 1.82) is 0 Å². The Labute approximate surface area is 70.6 Å². The molecule has 0 bridgehead atoms. The Hall–Kier alpha value is -0.710. The van der Waals surface area contributed by atoms with Crippen LogP contribution in [0.15, 0.2) is 16.7 Å². The SMILES string of the molecule is Nc1cnc(C(F)F)cc1Br. The minimum atomic E-state index is -2.55. The predicted octanol–water partition coefficient (Wildman–Crippen LogP) is 2.36. The summed E-state index contributed by atoms with van der Waals surface area (Å²) >= 11 is 3.02. The fourth-order valence-electron chi connectivity index (χ4n) is 0.576. The number of nitrogens with two attached hydrogens (primary N) is 1. The van der Waals surface area contributed by atoms with Gasteiger partial charge in [0.1, 0.15) is 5.69 Å². The highest BCUT2D eigenvalue weighted by Gasteiger charge is 2.09. The summed E-state index contributed by atoms with van der Waals surface area (Å²) in [6.07, 6.45) is -1.35. The summed E-state index contributed by atoms with van der Waals surface area (Å²) in [7, 11) is 0. The number of halogens is 3. The highest BCUT2D eigenvalue weighted by molar-refractivity contribution is 9.10. The zero-order valence-electron chi connectivity index (χ0n) is 5.39. The van der Waals surface area contributed by atoms with Crippen LogP contribution in [0.1, 0.15) is 12.1 Å². The van der Waals surface area contributed by atoms with Crippen LogP contribution in [0.4, 0.5) is 14.5 Å². The molecular formula is C6H5BrF2N2. The Morgan fingerprint density at radius 3 is 2.64 bits per heavy atom. The molecule has 1 rings (SSSR count). The van der Waals surface area contributed by atoms with E-state index in [-0.39, 0.29) is 5.69 Å². The normalized spacial score (nSPS) is 10.5. The van der Waals surface area contributed by atoms with Gasteiger partial charge in [-0.1, -0.05) is 0 Å². The number of rotatable bonds is 1. The van der Waals surface area contributed by atoms with E-state index in [2.05, 4.69) is 20.9 Å². The number of hydrogen-bond acceptors (Lipinski definition) is 2. The number of alkyl halides is 2. The quantitative estimate of drug-likeness (QED) is 0.793. The molecule has 0 aromatic carbocycles. The van der Waals surface area contributed by atoms with Gasteiger partial charge in [-0.15, -0.1) is 0 Å². The molecule has 1 heterocycles. The van der Waals surface area contributed by atoms with E-state index in [0.29, 0.717) is 10.2 Å². The molecule has 0 unspecified atom stereocenters. The molecule has 60 valence electrons. The number of nitrogens with zero attached hydrogens (tertiary/aromatic N) is 1. The van der Waals surface area contributed by atoms with Gasteiger partial charge in [0, 0.05) is 4.47 Å². The summed E-state index contributed by atoms with van der Waals surface area (Å²) < 4.78 is 24.4. The molecule has 0 aliphatic heterocycles. The molecule has 1 aromatic heterocycles. The number of nitrogen functional groups attached to an aromatic ring is 1. The monoisotopic (exact) mass is 222 g/mol. The van der Waals surface area contributed by atoms with Crippen LogP contribution in [0.25, 0.3) is 0 Å². The maximum Gasteiger partial charge on any atom is 0.280 e. The molecule has 0 aliphatic carbocycles. The average Bonchev–Trinajstić information content (AvgIpc) is 1.94. The van der Waals surface area contributed by atoms with Crippen molar-refractivity contribution in [2.45, 2.75) is 6.43 Å². The molecule has 11 heavy (non-hydrogen) atoms. The fraction of sp³-hybridized carbons (Fsp3) is 0.167. The first-order chi connectivity index (χ1) is 5.11. The summed E-state index contributed by atoms with van der Waals surface area (Å²) in [4.78, 5) is 3.43. The summed E-state index contributed by atoms with van der Waals surface area (Å²) in [5.41, 5.74) is 5.42. The molecule has 2 N–H and O–H groups in total. The van der Waals surface area contributed by atoms with Crippen molar-refractivity contribution in [3.05, 3.63) is 22.4 Å². The summed E-state index contributed by atoms with van der Waals surface area (Å²) in [6.45, 7) is 0. The number of aromatic nitrogens is 1. The average molecular weight is 223 g/mol. The molecule has 0 aliphatic rings. The number of anilines is 1. The predicted molar refractivity (Wildman–Crippen MR) is 41.3 cm³/mol. The van der Waals surface area contributed by atoms with Crippen LogP contribution in [0, 0.1) is 0 Å². The van der Waals surface area contributed by atoms with Crippen LogP contribution in [-0.2, 0) is 0 Å². The molecule has 0 radical (unpaired) electrons. The standard InChI is InChI=1S/C6H5BrF2N2/c7-3-1-5(6(8)9)11-2-4(3)10/h1-2,6H,10H2. The molecule has 0 fully saturated rings. The van der Waals surface area contributed by atoms with Gasteiger partial charge in [-0.3, -0.25) is 4.98 Å². The molecule has 5 heteroatoms. The highest BCUT2D eigenvalue weighted by atomic mass is 79.9. The first-order valence-corrected chi connectivity index (χ1v) is 3.59. The Balaban J connectivity index is 3.05. The van der Waals surface area contributed by atoms with Gasteiger partial charge in [-0.25, -0.2) is 8.78 Å². The second kappa shape index (κ2) is 3.13. The largest absolute Gasteiger partial charge is 0.397 e. The van der Waals surface area contributed by atoms with Crippen molar-refractivity contribution < 1.29 is 8.78 Å². The zero-order valence-corrected chi connectivity index (χ0v) is 6.98. The molecule has 0 saturated heterocycles. The number of hydrogen-bond donors (Lipinski definition) is 1. The lowest BCUT2D eigenvalue weighted by Crippen LogP contribution is -1.93. The Bertz CT molecular complexity index is 265. The minimum Gasteiger partial charge on any atom is -0.397 e. The molecule has 0 atom stereocenters. The first kappa shape index (κ1) is 8.39. The van der Waals surface area contributed by atoms with Gasteiger partial charge in [0.15, 0.2) is 0 Å². The summed E-state index contributed by atoms with van der Waals surface area (Å²) in [5.74, 6) is 0. The second-order valence-corrected chi connectivity index (χ2v) is 2.79. The van der Waals surface area contributed by atoms with E-state index >= 15 is 0 Å². The third-order valence-electron chi connectivity index (χ3n) is 1.13. The van der Waals surface area contributed by atoms with Crippen molar-refractivity contribution >= 4 is 21.6 Å². The second-order valence-electron chi connectivity index (χ2n) is 1.93. The van der Waals surface area contributed by atoms with Gasteiger partial charge in [0.2, 0.25) is 0 Å². The number of pyridine rings is 1. The van der Waals surface area contributed by atoms with E-state index in [1.165, 1.54) is 12.3 Å². The lowest BCUT2D eigenvalue weighted by molar-refractivity contribution is 0.146. The van der Waals surface area contributed by atoms with Crippen molar-refractivity contribution in [2.24, 2.45) is 0 Å². The van der Waals surface area contributed by atoms with E-state index in [9.17, 15) is 8.78 Å². The van der Waals surface area contributed by atoms with Crippen LogP contribution in [-0.4, -0.2) is 4.98 Å². The van der Waals surface area contributed by atoms with Crippen molar-refractivity contribution in [3.63, 3.8) is 0 Å². The maximum absolute atomic E-state index is 12.0. The Morgan fingerprint density at radius 1 is 1.55 bits per heavy atom. The van der Waals surface area contributed by atoms with E-state index in [0.717, 1.165) is 0 Å². The third kappa shape index (κ3) is 1.86. The van der Waals surface area contributed by atoms with Crippen LogP contribution in [0.5, 0.6) is 0 Å². The third-order valence-corrected chi connectivity index (χ3v) is 1.81. The van der Waals surface area contributed by atoms with E-state index < -0.39 is 6.43 Å². The molecule has 0 spiro atoms. The lowest BCUT2D eigenvalue weighted by atomic mass is 10.3. The molecular weight excluding hydrogens is 218 g/mol. The van der Waals surface area contributed by atoms with Gasteiger partial charge in [0.05, 0.1) is 11.9 Å². The molecule has 0 amide bonds. The topological polar surface area (TPSA) is 38.9 Å². The van der Waals surface area contributed by atoms with Gasteiger partial charge >= 0.3 is 0 Å². The van der Waals surface area contributed by atoms with E-state index in [1.54, 1.807) is 0 Å². The fourth-order valence-corrected chi connectivity index (χ4v) is 0.912. The van der Waals surface area contributed by atoms with Crippen molar-refractivity contribution in [3.8, 4) is 0 Å². The smallest absolute Gasteiger partial charge is 0.280 e. The van der Waals surface area contributed by atoms with Crippen LogP contribution in [0.3, 0.4) is 0 Å². The lowest BCUT2D eigenvalue weighted by Gasteiger charge is -2.00. The summed E-state index contributed by atoms with van der Waals surface area (Å²) in [6, 6.07) is 1.21. The minimum absolute atomic E-state index is 0.272. The van der Waals surface area contributed by atoms with Gasteiger partial charge < -0.3 is 5.73 Å². The maximum atomic E-state index is 12.0. The first-order valence-electron chi connectivity index (χ1n) is 2.80. The van der Waals surface area contributed by atoms with Crippen LogP contribution >= 0.6 is 15.9 Å². The molecule has 0 saturated carbocycles. The zero-order chi connectivity index (χ0) is 8.43. The van der Waals surface area contributed by atoms with Gasteiger partial charge in [-0.2, -0.15) is 0 Å². The Morgan fingerprint density at radius 2 is 2.18 bits per heavy atom. The highest BCUT2D eigenvalue weighted by Crippen LogP contribution is 2.23. The van der Waals surface area contributed by atoms with E-state index in [4.69, 9.17) is 5.73 Å². The Kier molecular flexibility index (Phi) is 2.38. The van der Waals surface area contributed by atoms with Crippen molar-refractivity contribution in [2.75, 3.05) is 5.73 Å². The summed E-state index contributed by atoms with van der Waals surface area (Å²) in [5, 5.41) is 0. The van der Waals surface area contributed by atoms with Gasteiger partial charge in [-0.05, 0) is 22.0 Å². The van der Waals surface area contributed by atoms with Gasteiger partial charge in [0.25, 0.3) is 6.43 Å². The molecule has 2 nitrogen and oxygen atoms in total. The molecule has 1 aromatic rings. The van der Waals surface area contributed by atoms with E-state index in [1.807, 2.05) is 0 Å². The van der Waals surface area contributed by atoms with Crippen LogP contribution in [0.2, 0.25) is 0 Å². The van der Waals surface area contributed by atoms with Crippen molar-refractivity contribution in [1.82, 2.24) is 4.98 Å².